The zero-order chi connectivity index (χ0) is 26.2. The maximum atomic E-state index is 9.89. The van der Waals surface area contributed by atoms with E-state index >= 15 is 0 Å². The van der Waals surface area contributed by atoms with Gasteiger partial charge >= 0.3 is 0 Å². The summed E-state index contributed by atoms with van der Waals surface area (Å²) in [6.07, 6.45) is 3.30. The van der Waals surface area contributed by atoms with Crippen molar-refractivity contribution in [3.8, 4) is 11.5 Å². The van der Waals surface area contributed by atoms with E-state index < -0.39 is 0 Å². The molecule has 37 heavy (non-hydrogen) atoms. The number of phenolic OH excluding ortho intramolecular Hbond substituents is 2. The van der Waals surface area contributed by atoms with Crippen LogP contribution in [0.15, 0.2) is 101 Å². The van der Waals surface area contributed by atoms with E-state index in [9.17, 15) is 10.2 Å². The molecule has 0 spiro atoms. The van der Waals surface area contributed by atoms with Gasteiger partial charge in [-0.15, -0.1) is 0 Å². The zero-order valence-electron chi connectivity index (χ0n) is 19.7. The third-order valence-electron chi connectivity index (χ3n) is 4.89. The Bertz CT molecular complexity index is 1300. The number of nitrogens with zero attached hydrogens (tertiary/aromatic N) is 2. The SMILES string of the molecule is Cc1ccc(N=Cc2cc(Br)cc(Br)c2O)cc1.Cc1ccc(N=Cc2cc(Br)cc(Br)c2O)cc1.[Co]. The molecule has 4 aromatic carbocycles. The molecule has 0 atom stereocenters. The van der Waals surface area contributed by atoms with Crippen LogP contribution in [-0.4, -0.2) is 22.6 Å². The van der Waals surface area contributed by atoms with E-state index in [0.29, 0.717) is 20.1 Å². The van der Waals surface area contributed by atoms with Crippen molar-refractivity contribution in [2.75, 3.05) is 0 Å². The molecule has 0 aliphatic heterocycles. The number of benzene rings is 4. The van der Waals surface area contributed by atoms with Gasteiger partial charge in [0.2, 0.25) is 0 Å². The fourth-order valence-corrected chi connectivity index (χ4v) is 5.43. The topological polar surface area (TPSA) is 65.2 Å². The van der Waals surface area contributed by atoms with Crippen LogP contribution in [0.2, 0.25) is 0 Å². The fourth-order valence-electron chi connectivity index (χ4n) is 2.92. The molecule has 0 heterocycles. The van der Waals surface area contributed by atoms with E-state index in [2.05, 4.69) is 73.7 Å². The first kappa shape index (κ1) is 31.5. The third-order valence-corrected chi connectivity index (χ3v) is 7.01. The summed E-state index contributed by atoms with van der Waals surface area (Å²) in [6.45, 7) is 4.06. The second-order valence-corrected chi connectivity index (χ2v) is 11.4. The predicted octanol–water partition coefficient (Wildman–Crippen LogP) is 9.95. The number of hydrogen-bond acceptors (Lipinski definition) is 4. The summed E-state index contributed by atoms with van der Waals surface area (Å²) < 4.78 is 3.06. The van der Waals surface area contributed by atoms with Gasteiger partial charge in [-0.05, 0) is 94.2 Å². The molecule has 1 radical (unpaired) electrons. The third kappa shape index (κ3) is 9.81. The molecule has 0 bridgehead atoms. The maximum absolute atomic E-state index is 9.89. The first-order valence-electron chi connectivity index (χ1n) is 10.7. The minimum Gasteiger partial charge on any atom is -0.506 e. The summed E-state index contributed by atoms with van der Waals surface area (Å²) in [6, 6.07) is 23.0. The summed E-state index contributed by atoms with van der Waals surface area (Å²) in [5.74, 6) is 0.378. The first-order valence-corrected chi connectivity index (χ1v) is 13.9. The number of hydrogen-bond donors (Lipinski definition) is 2. The van der Waals surface area contributed by atoms with Crippen molar-refractivity contribution < 1.29 is 27.0 Å². The molecular formula is C28H22Br4CoN2O2. The largest absolute Gasteiger partial charge is 0.506 e. The molecule has 0 unspecified atom stereocenters. The molecular weight excluding hydrogens is 775 g/mol. The van der Waals surface area contributed by atoms with Crippen LogP contribution in [-0.2, 0) is 16.8 Å². The molecule has 193 valence electrons. The zero-order valence-corrected chi connectivity index (χ0v) is 27.1. The van der Waals surface area contributed by atoms with Crippen molar-refractivity contribution in [1.29, 1.82) is 0 Å². The number of aryl methyl sites for hydroxylation is 2. The smallest absolute Gasteiger partial charge is 0.138 e. The molecule has 9 heteroatoms. The number of aliphatic imine (C=N–C) groups is 2. The van der Waals surface area contributed by atoms with Crippen molar-refractivity contribution in [1.82, 2.24) is 0 Å². The van der Waals surface area contributed by atoms with E-state index in [4.69, 9.17) is 0 Å². The number of halogens is 4. The van der Waals surface area contributed by atoms with E-state index in [1.165, 1.54) is 11.1 Å². The van der Waals surface area contributed by atoms with Crippen molar-refractivity contribution in [2.24, 2.45) is 9.98 Å². The van der Waals surface area contributed by atoms with Crippen LogP contribution in [0, 0.1) is 13.8 Å². The Kier molecular flexibility index (Phi) is 12.8. The van der Waals surface area contributed by atoms with Crippen molar-refractivity contribution >= 4 is 87.5 Å². The van der Waals surface area contributed by atoms with Crippen LogP contribution >= 0.6 is 63.7 Å². The Morgan fingerprint density at radius 1 is 0.568 bits per heavy atom. The minimum atomic E-state index is 0. The van der Waals surface area contributed by atoms with E-state index in [-0.39, 0.29) is 28.3 Å². The van der Waals surface area contributed by atoms with Crippen molar-refractivity contribution in [3.05, 3.63) is 113 Å². The van der Waals surface area contributed by atoms with Crippen molar-refractivity contribution in [3.63, 3.8) is 0 Å². The summed E-state index contributed by atoms with van der Waals surface area (Å²) in [4.78, 5) is 8.67. The molecule has 4 nitrogen and oxygen atoms in total. The Balaban J connectivity index is 0.000000253. The Morgan fingerprint density at radius 3 is 1.22 bits per heavy atom. The number of rotatable bonds is 4. The van der Waals surface area contributed by atoms with Crippen LogP contribution in [0.5, 0.6) is 11.5 Å². The van der Waals surface area contributed by atoms with E-state index in [0.717, 1.165) is 20.3 Å². The van der Waals surface area contributed by atoms with Gasteiger partial charge in [0.05, 0.1) is 20.3 Å². The molecule has 4 rings (SSSR count). The summed E-state index contributed by atoms with van der Waals surface area (Å²) in [7, 11) is 0. The maximum Gasteiger partial charge on any atom is 0.138 e. The predicted molar refractivity (Wildman–Crippen MR) is 164 cm³/mol. The monoisotopic (exact) mass is 793 g/mol. The molecule has 0 aliphatic rings. The van der Waals surface area contributed by atoms with Gasteiger partial charge in [0.1, 0.15) is 11.5 Å². The van der Waals surface area contributed by atoms with Gasteiger partial charge in [-0.1, -0.05) is 67.3 Å². The number of aromatic hydroxyl groups is 2. The van der Waals surface area contributed by atoms with Gasteiger partial charge in [0, 0.05) is 49.3 Å². The molecule has 0 aliphatic carbocycles. The molecule has 0 aromatic heterocycles. The second kappa shape index (κ2) is 15.0. The molecule has 0 fully saturated rings. The fraction of sp³-hybridized carbons (Fsp3) is 0.0714. The second-order valence-electron chi connectivity index (χ2n) is 7.84. The van der Waals surface area contributed by atoms with Gasteiger partial charge in [0.15, 0.2) is 0 Å². The van der Waals surface area contributed by atoms with Gasteiger partial charge in [-0.25, -0.2) is 0 Å². The summed E-state index contributed by atoms with van der Waals surface area (Å²) in [5.41, 5.74) is 5.44. The standard InChI is InChI=1S/2C14H11Br2NO.Co/c2*1-9-2-4-12(5-3-9)17-8-10-6-11(15)7-13(16)14(10)18;/h2*2-8,18H,1H3;. The summed E-state index contributed by atoms with van der Waals surface area (Å²) >= 11 is 13.3. The molecule has 0 saturated carbocycles. The van der Waals surface area contributed by atoms with Crippen LogP contribution in [0.25, 0.3) is 0 Å². The summed E-state index contributed by atoms with van der Waals surface area (Å²) in [5, 5.41) is 19.8. The Morgan fingerprint density at radius 2 is 0.892 bits per heavy atom. The molecule has 4 aromatic rings. The molecule has 0 saturated heterocycles. The quantitative estimate of drug-likeness (QED) is 0.202. The van der Waals surface area contributed by atoms with Gasteiger partial charge < -0.3 is 10.2 Å². The Labute approximate surface area is 260 Å². The average molecular weight is 797 g/mol. The van der Waals surface area contributed by atoms with Gasteiger partial charge in [-0.3, -0.25) is 9.98 Å². The van der Waals surface area contributed by atoms with Gasteiger partial charge in [0.25, 0.3) is 0 Å². The average Bonchev–Trinajstić information content (AvgIpc) is 2.84. The van der Waals surface area contributed by atoms with Crippen LogP contribution in [0.4, 0.5) is 11.4 Å². The molecule has 0 amide bonds. The van der Waals surface area contributed by atoms with Crippen molar-refractivity contribution in [2.45, 2.75) is 13.8 Å². The number of phenols is 2. The van der Waals surface area contributed by atoms with Gasteiger partial charge in [-0.2, -0.15) is 0 Å². The van der Waals surface area contributed by atoms with E-state index in [1.807, 2.05) is 74.5 Å². The van der Waals surface area contributed by atoms with Crippen LogP contribution in [0.1, 0.15) is 22.3 Å². The van der Waals surface area contributed by atoms with Crippen LogP contribution in [0.3, 0.4) is 0 Å². The minimum absolute atomic E-state index is 0. The van der Waals surface area contributed by atoms with E-state index in [1.54, 1.807) is 24.6 Å². The normalized spacial score (nSPS) is 10.8. The first-order chi connectivity index (χ1) is 17.1. The van der Waals surface area contributed by atoms with Crippen LogP contribution < -0.4 is 0 Å². The molecule has 2 N–H and O–H groups in total. The Hall–Kier alpha value is -1.75.